The number of nitrogens with two attached hydrogens (primary N) is 1. The predicted octanol–water partition coefficient (Wildman–Crippen LogP) is 5.15. The van der Waals surface area contributed by atoms with E-state index in [2.05, 4.69) is 24.1 Å². The van der Waals surface area contributed by atoms with E-state index in [0.29, 0.717) is 54.2 Å². The van der Waals surface area contributed by atoms with Gasteiger partial charge >= 0.3 is 5.97 Å². The average Bonchev–Trinajstić information content (AvgIpc) is 2.93. The van der Waals surface area contributed by atoms with Gasteiger partial charge in [-0.05, 0) is 76.8 Å². The van der Waals surface area contributed by atoms with E-state index in [-0.39, 0.29) is 18.2 Å². The molecule has 4 rings (SSSR count). The molecule has 5 N–H and O–H groups in total. The van der Waals surface area contributed by atoms with Crippen molar-refractivity contribution in [1.29, 1.82) is 5.41 Å². The first kappa shape index (κ1) is 29.4. The number of piperidine rings is 1. The number of hydrogen-bond acceptors (Lipinski definition) is 6. The van der Waals surface area contributed by atoms with Gasteiger partial charge in [0.1, 0.15) is 11.6 Å². The summed E-state index contributed by atoms with van der Waals surface area (Å²) in [6.45, 7) is 6.83. The Hall–Kier alpha value is -3.59. The molecule has 216 valence electrons. The van der Waals surface area contributed by atoms with Crippen molar-refractivity contribution < 1.29 is 19.4 Å². The number of likely N-dealkylation sites (tertiary alicyclic amines) is 1. The van der Waals surface area contributed by atoms with E-state index in [9.17, 15) is 9.59 Å². The van der Waals surface area contributed by atoms with E-state index in [4.69, 9.17) is 21.0 Å². The molecule has 9 heteroatoms. The van der Waals surface area contributed by atoms with E-state index in [0.717, 1.165) is 31.5 Å². The quantitative estimate of drug-likeness (QED) is 0.154. The summed E-state index contributed by atoms with van der Waals surface area (Å²) in [5.41, 5.74) is 8.45. The lowest BCUT2D eigenvalue weighted by Crippen LogP contribution is -2.44. The standard InChI is InChI=1S/C31H43N5O4/c1-21-9-6-10-22(2)35(21)17-4-3-5-18-36-26-20-25(34-16-8-13-28(37)38)14-15-27(26)40-29(31(36)39)23-11-7-12-24(19-23)30(32)33/h7,11-12,14-15,19-22,29,34H,3-6,8-10,13,16-18H2,1-2H3,(H3,32,33)(H,37,38)/t21-,22+,29?. The molecule has 1 fully saturated rings. The molecule has 0 aliphatic carbocycles. The Labute approximate surface area is 237 Å². The van der Waals surface area contributed by atoms with Crippen LogP contribution >= 0.6 is 0 Å². The molecule has 0 radical (unpaired) electrons. The maximum atomic E-state index is 13.8. The Kier molecular flexibility index (Phi) is 10.0. The number of hydrogen-bond donors (Lipinski definition) is 4. The number of benzene rings is 2. The second kappa shape index (κ2) is 13.7. The molecule has 3 atom stereocenters. The van der Waals surface area contributed by atoms with Crippen LogP contribution in [-0.4, -0.2) is 59.4 Å². The van der Waals surface area contributed by atoms with Gasteiger partial charge in [-0.1, -0.05) is 31.0 Å². The highest BCUT2D eigenvalue weighted by Gasteiger charge is 2.35. The fourth-order valence-corrected chi connectivity index (χ4v) is 5.82. The van der Waals surface area contributed by atoms with E-state index in [1.807, 2.05) is 29.2 Å². The van der Waals surface area contributed by atoms with Crippen LogP contribution < -0.4 is 20.7 Å². The van der Waals surface area contributed by atoms with Gasteiger partial charge in [-0.3, -0.25) is 19.9 Å². The first-order valence-electron chi connectivity index (χ1n) is 14.5. The lowest BCUT2D eigenvalue weighted by Gasteiger charge is -2.39. The summed E-state index contributed by atoms with van der Waals surface area (Å²) in [5, 5.41) is 20.0. The van der Waals surface area contributed by atoms with Crippen molar-refractivity contribution in [2.24, 2.45) is 5.73 Å². The van der Waals surface area contributed by atoms with Gasteiger partial charge in [0.15, 0.2) is 0 Å². The number of unbranched alkanes of at least 4 members (excludes halogenated alkanes) is 2. The highest BCUT2D eigenvalue weighted by molar-refractivity contribution is 6.01. The van der Waals surface area contributed by atoms with Crippen LogP contribution in [0.5, 0.6) is 5.75 Å². The highest BCUT2D eigenvalue weighted by atomic mass is 16.5. The van der Waals surface area contributed by atoms with Crippen LogP contribution in [0.25, 0.3) is 0 Å². The number of ether oxygens (including phenoxy) is 1. The lowest BCUT2D eigenvalue weighted by molar-refractivity contribution is -0.137. The summed E-state index contributed by atoms with van der Waals surface area (Å²) in [4.78, 5) is 29.1. The molecule has 40 heavy (non-hydrogen) atoms. The van der Waals surface area contributed by atoms with E-state index in [1.54, 1.807) is 18.2 Å². The normalized spacial score (nSPS) is 21.0. The van der Waals surface area contributed by atoms with Gasteiger partial charge in [0, 0.05) is 48.4 Å². The number of carbonyl (C=O) groups is 2. The Morgan fingerprint density at radius 1 is 1.07 bits per heavy atom. The number of nitrogens with zero attached hydrogens (tertiary/aromatic N) is 2. The van der Waals surface area contributed by atoms with Crippen molar-refractivity contribution in [2.75, 3.05) is 29.9 Å². The molecule has 1 unspecified atom stereocenters. The first-order valence-corrected chi connectivity index (χ1v) is 14.5. The van der Waals surface area contributed by atoms with Gasteiger partial charge in [-0.25, -0.2) is 0 Å². The Morgan fingerprint density at radius 3 is 2.55 bits per heavy atom. The average molecular weight is 550 g/mol. The van der Waals surface area contributed by atoms with Crippen molar-refractivity contribution in [1.82, 2.24) is 4.90 Å². The van der Waals surface area contributed by atoms with E-state index in [1.165, 1.54) is 19.3 Å². The molecule has 1 saturated heterocycles. The maximum Gasteiger partial charge on any atom is 0.303 e. The molecule has 2 aliphatic heterocycles. The van der Waals surface area contributed by atoms with Gasteiger partial charge in [0.05, 0.1) is 5.69 Å². The minimum absolute atomic E-state index is 0.0571. The predicted molar refractivity (Wildman–Crippen MR) is 158 cm³/mol. The summed E-state index contributed by atoms with van der Waals surface area (Å²) in [7, 11) is 0. The van der Waals surface area contributed by atoms with Crippen LogP contribution in [-0.2, 0) is 9.59 Å². The molecule has 2 aliphatic rings. The third-order valence-corrected chi connectivity index (χ3v) is 8.06. The summed E-state index contributed by atoms with van der Waals surface area (Å²) >= 11 is 0. The number of fused-ring (bicyclic) bond motifs is 1. The third kappa shape index (κ3) is 7.33. The number of anilines is 2. The van der Waals surface area contributed by atoms with Gasteiger partial charge in [-0.2, -0.15) is 0 Å². The number of amidine groups is 1. The van der Waals surface area contributed by atoms with Crippen LogP contribution in [0.15, 0.2) is 42.5 Å². The Morgan fingerprint density at radius 2 is 1.82 bits per heavy atom. The van der Waals surface area contributed by atoms with Crippen molar-refractivity contribution in [2.45, 2.75) is 83.4 Å². The van der Waals surface area contributed by atoms with Crippen LogP contribution in [0.1, 0.15) is 82.4 Å². The Balaban J connectivity index is 1.47. The summed E-state index contributed by atoms with van der Waals surface area (Å²) in [6.07, 6.45) is 6.61. The lowest BCUT2D eigenvalue weighted by atomic mass is 9.97. The fraction of sp³-hybridized carbons (Fsp3) is 0.516. The van der Waals surface area contributed by atoms with E-state index >= 15 is 0 Å². The number of rotatable bonds is 13. The van der Waals surface area contributed by atoms with Crippen molar-refractivity contribution in [3.05, 3.63) is 53.6 Å². The van der Waals surface area contributed by atoms with Gasteiger partial charge in [0.25, 0.3) is 5.91 Å². The van der Waals surface area contributed by atoms with Crippen LogP contribution in [0, 0.1) is 5.41 Å². The zero-order chi connectivity index (χ0) is 28.6. The monoisotopic (exact) mass is 549 g/mol. The molecule has 2 heterocycles. The number of amides is 1. The number of nitrogens with one attached hydrogen (secondary N) is 2. The maximum absolute atomic E-state index is 13.8. The molecular weight excluding hydrogens is 506 g/mol. The number of carboxylic acids is 1. The van der Waals surface area contributed by atoms with Crippen LogP contribution in [0.2, 0.25) is 0 Å². The number of carbonyl (C=O) groups excluding carboxylic acids is 1. The minimum Gasteiger partial charge on any atom is -0.481 e. The molecule has 0 spiro atoms. The summed E-state index contributed by atoms with van der Waals surface area (Å²) in [5.74, 6) is -0.404. The SMILES string of the molecule is C[C@@H]1CCC[C@H](C)N1CCCCCN1C(=O)C(c2cccc(C(=N)N)c2)Oc2ccc(NCCCC(=O)O)cc21. The molecule has 9 nitrogen and oxygen atoms in total. The van der Waals surface area contributed by atoms with Crippen molar-refractivity contribution >= 4 is 29.1 Å². The van der Waals surface area contributed by atoms with Crippen molar-refractivity contribution in [3.8, 4) is 5.75 Å². The zero-order valence-electron chi connectivity index (χ0n) is 23.7. The molecule has 0 aromatic heterocycles. The van der Waals surface area contributed by atoms with Crippen LogP contribution in [0.3, 0.4) is 0 Å². The molecule has 2 aromatic rings. The van der Waals surface area contributed by atoms with E-state index < -0.39 is 12.1 Å². The topological polar surface area (TPSA) is 132 Å². The third-order valence-electron chi connectivity index (χ3n) is 8.06. The number of aliphatic carboxylic acids is 1. The second-order valence-electron chi connectivity index (χ2n) is 11.1. The van der Waals surface area contributed by atoms with Crippen molar-refractivity contribution in [3.63, 3.8) is 0 Å². The summed E-state index contributed by atoms with van der Waals surface area (Å²) < 4.78 is 6.22. The van der Waals surface area contributed by atoms with Gasteiger partial charge in [0.2, 0.25) is 6.10 Å². The van der Waals surface area contributed by atoms with Gasteiger partial charge < -0.3 is 25.8 Å². The molecular formula is C31H43N5O4. The smallest absolute Gasteiger partial charge is 0.303 e. The molecule has 1 amide bonds. The zero-order valence-corrected chi connectivity index (χ0v) is 23.7. The fourth-order valence-electron chi connectivity index (χ4n) is 5.82. The molecule has 2 aromatic carbocycles. The molecule has 0 bridgehead atoms. The Bertz CT molecular complexity index is 1190. The highest BCUT2D eigenvalue weighted by Crippen LogP contribution is 2.41. The largest absolute Gasteiger partial charge is 0.481 e. The number of carboxylic acid groups (broad SMARTS) is 1. The minimum atomic E-state index is -0.823. The summed E-state index contributed by atoms with van der Waals surface area (Å²) in [6, 6.07) is 14.0. The number of nitrogen functional groups attached to an aromatic ring is 1. The molecule has 0 saturated carbocycles. The second-order valence-corrected chi connectivity index (χ2v) is 11.1. The van der Waals surface area contributed by atoms with Gasteiger partial charge in [-0.15, -0.1) is 0 Å². The first-order chi connectivity index (χ1) is 19.2. The van der Waals surface area contributed by atoms with Crippen LogP contribution in [0.4, 0.5) is 11.4 Å².